The average molecular weight is 532 g/mol. The number of rotatable bonds is 4. The van der Waals surface area contributed by atoms with Crippen LogP contribution in [0, 0.1) is 6.57 Å². The number of nitrogens with zero attached hydrogens (tertiary/aromatic N) is 5. The van der Waals surface area contributed by atoms with E-state index < -0.39 is 0 Å². The molecule has 6 heteroatoms. The summed E-state index contributed by atoms with van der Waals surface area (Å²) in [6.07, 6.45) is 0. The zero-order chi connectivity index (χ0) is 26.9. The number of fused-ring (bicyclic) bond motifs is 2. The number of anilines is 3. The van der Waals surface area contributed by atoms with Gasteiger partial charge < -0.3 is 4.90 Å². The van der Waals surface area contributed by atoms with Crippen LogP contribution < -0.4 is 4.90 Å². The third kappa shape index (κ3) is 4.39. The van der Waals surface area contributed by atoms with Crippen molar-refractivity contribution in [3.63, 3.8) is 0 Å². The van der Waals surface area contributed by atoms with E-state index in [0.717, 1.165) is 33.8 Å². The van der Waals surface area contributed by atoms with Crippen LogP contribution in [0.1, 0.15) is 0 Å². The van der Waals surface area contributed by atoms with Crippen LogP contribution in [0.25, 0.3) is 39.0 Å². The highest BCUT2D eigenvalue weighted by molar-refractivity contribution is 7.99. The van der Waals surface area contributed by atoms with Crippen molar-refractivity contribution in [2.75, 3.05) is 4.90 Å². The van der Waals surface area contributed by atoms with Crippen molar-refractivity contribution < 1.29 is 0 Å². The Morgan fingerprint density at radius 1 is 0.500 bits per heavy atom. The smallest absolute Gasteiger partial charge is 0.187 e. The molecule has 2 heterocycles. The first kappa shape index (κ1) is 23.8. The van der Waals surface area contributed by atoms with Crippen LogP contribution in [0.5, 0.6) is 0 Å². The van der Waals surface area contributed by atoms with E-state index in [2.05, 4.69) is 82.5 Å². The van der Waals surface area contributed by atoms with Gasteiger partial charge in [0.15, 0.2) is 23.2 Å². The topological polar surface area (TPSA) is 46.3 Å². The largest absolute Gasteiger partial charge is 0.308 e. The fraction of sp³-hybridized carbons (Fsp3) is 0. The van der Waals surface area contributed by atoms with E-state index in [4.69, 9.17) is 21.5 Å². The molecule has 6 aromatic rings. The highest BCUT2D eigenvalue weighted by Crippen LogP contribution is 2.51. The fourth-order valence-electron chi connectivity index (χ4n) is 4.78. The molecule has 0 bridgehead atoms. The normalized spacial score (nSPS) is 11.8. The summed E-state index contributed by atoms with van der Waals surface area (Å²) in [4.78, 5) is 22.8. The van der Waals surface area contributed by atoms with Crippen LogP contribution in [0.3, 0.4) is 0 Å². The van der Waals surface area contributed by atoms with Crippen molar-refractivity contribution in [3.8, 4) is 34.2 Å². The standard InChI is InChI=1S/C34H21N5S/c1-35-26-19-15-24(16-20-26)33-36-32(23-9-3-2-4-10-23)37-34(38-33)25-17-21-27(22-18-25)39-28-11-5-7-13-30(28)40-31-14-8-6-12-29(31)39/h2-22H. The SMILES string of the molecule is [C-]#[N+]c1ccc(-c2nc(-c3ccccc3)nc(-c3ccc(N4c5ccccc5Sc5ccccc54)cc3)n2)cc1. The molecule has 0 fully saturated rings. The lowest BCUT2D eigenvalue weighted by Crippen LogP contribution is -2.14. The Kier molecular flexibility index (Phi) is 6.04. The number of hydrogen-bond acceptors (Lipinski definition) is 5. The molecule has 1 aliphatic heterocycles. The van der Waals surface area contributed by atoms with Crippen molar-refractivity contribution in [3.05, 3.63) is 139 Å². The zero-order valence-electron chi connectivity index (χ0n) is 21.3. The van der Waals surface area contributed by atoms with Crippen molar-refractivity contribution in [2.24, 2.45) is 0 Å². The second-order valence-electron chi connectivity index (χ2n) is 9.25. The summed E-state index contributed by atoms with van der Waals surface area (Å²) in [7, 11) is 0. The van der Waals surface area contributed by atoms with Crippen LogP contribution in [0.4, 0.5) is 22.7 Å². The van der Waals surface area contributed by atoms with Gasteiger partial charge in [0, 0.05) is 32.2 Å². The van der Waals surface area contributed by atoms with Gasteiger partial charge in [0.2, 0.25) is 0 Å². The van der Waals surface area contributed by atoms with Gasteiger partial charge in [0.05, 0.1) is 17.9 Å². The molecule has 5 nitrogen and oxygen atoms in total. The summed E-state index contributed by atoms with van der Waals surface area (Å²) in [5.41, 5.74) is 6.62. The van der Waals surface area contributed by atoms with Crippen molar-refractivity contribution in [2.45, 2.75) is 9.79 Å². The Labute approximate surface area is 236 Å². The molecule has 0 aliphatic carbocycles. The number of aromatic nitrogens is 3. The van der Waals surface area contributed by atoms with Crippen LogP contribution in [0.2, 0.25) is 0 Å². The Balaban J connectivity index is 1.32. The van der Waals surface area contributed by atoms with Gasteiger partial charge in [0.25, 0.3) is 0 Å². The molecule has 0 radical (unpaired) electrons. The van der Waals surface area contributed by atoms with Crippen molar-refractivity contribution in [1.29, 1.82) is 0 Å². The molecule has 40 heavy (non-hydrogen) atoms. The number of benzene rings is 5. The summed E-state index contributed by atoms with van der Waals surface area (Å²) in [6, 6.07) is 42.6. The lowest BCUT2D eigenvalue weighted by atomic mass is 10.1. The van der Waals surface area contributed by atoms with Crippen molar-refractivity contribution in [1.82, 2.24) is 15.0 Å². The molecule has 0 amide bonds. The Morgan fingerprint density at radius 3 is 1.48 bits per heavy atom. The summed E-state index contributed by atoms with van der Waals surface area (Å²) < 4.78 is 0. The first-order chi connectivity index (χ1) is 19.8. The third-order valence-electron chi connectivity index (χ3n) is 6.74. The molecule has 188 valence electrons. The van der Waals surface area contributed by atoms with E-state index in [1.165, 1.54) is 9.79 Å². The molecule has 5 aromatic carbocycles. The number of hydrogen-bond donors (Lipinski definition) is 0. The maximum atomic E-state index is 7.26. The summed E-state index contributed by atoms with van der Waals surface area (Å²) in [6.45, 7) is 7.26. The first-order valence-electron chi connectivity index (χ1n) is 12.8. The lowest BCUT2D eigenvalue weighted by molar-refractivity contribution is 1.07. The van der Waals surface area contributed by atoms with Crippen molar-refractivity contribution >= 4 is 34.5 Å². The quantitative estimate of drug-likeness (QED) is 0.212. The predicted molar refractivity (Wildman–Crippen MR) is 161 cm³/mol. The van der Waals surface area contributed by atoms with Crippen LogP contribution in [-0.2, 0) is 0 Å². The van der Waals surface area contributed by atoms with Gasteiger partial charge in [-0.1, -0.05) is 90.6 Å². The molecule has 7 rings (SSSR count). The van der Waals surface area contributed by atoms with E-state index in [-0.39, 0.29) is 0 Å². The Morgan fingerprint density at radius 2 is 0.950 bits per heavy atom. The number of para-hydroxylation sites is 2. The molecule has 0 saturated heterocycles. The second kappa shape index (κ2) is 10.1. The Hall–Kier alpha value is -5.25. The molecule has 0 saturated carbocycles. The van der Waals surface area contributed by atoms with Gasteiger partial charge in [-0.25, -0.2) is 19.8 Å². The Bertz CT molecular complexity index is 1830. The van der Waals surface area contributed by atoms with Gasteiger partial charge in [-0.05, 0) is 48.5 Å². The molecule has 0 spiro atoms. The fourth-order valence-corrected chi connectivity index (χ4v) is 5.84. The molecular formula is C34H21N5S. The summed E-state index contributed by atoms with van der Waals surface area (Å²) in [5.74, 6) is 1.77. The molecular weight excluding hydrogens is 510 g/mol. The van der Waals surface area contributed by atoms with Gasteiger partial charge in [-0.15, -0.1) is 0 Å². The molecule has 0 unspecified atom stereocenters. The van der Waals surface area contributed by atoms with E-state index in [0.29, 0.717) is 23.2 Å². The van der Waals surface area contributed by atoms with E-state index in [1.54, 1.807) is 23.9 Å². The highest BCUT2D eigenvalue weighted by Gasteiger charge is 2.24. The maximum Gasteiger partial charge on any atom is 0.187 e. The minimum absolute atomic E-state index is 0.570. The van der Waals surface area contributed by atoms with Gasteiger partial charge in [0.1, 0.15) is 0 Å². The highest BCUT2D eigenvalue weighted by atomic mass is 32.2. The monoisotopic (exact) mass is 531 g/mol. The van der Waals surface area contributed by atoms with Crippen LogP contribution >= 0.6 is 11.8 Å². The molecule has 1 aliphatic rings. The second-order valence-corrected chi connectivity index (χ2v) is 10.3. The van der Waals surface area contributed by atoms with E-state index in [9.17, 15) is 0 Å². The van der Waals surface area contributed by atoms with Crippen LogP contribution in [0.15, 0.2) is 137 Å². The van der Waals surface area contributed by atoms with Gasteiger partial charge in [-0.2, -0.15) is 0 Å². The molecule has 0 N–H and O–H groups in total. The van der Waals surface area contributed by atoms with Gasteiger partial charge in [-0.3, -0.25) is 0 Å². The molecule has 1 aromatic heterocycles. The molecule has 0 atom stereocenters. The van der Waals surface area contributed by atoms with Gasteiger partial charge >= 0.3 is 0 Å². The average Bonchev–Trinajstić information content (AvgIpc) is 3.04. The first-order valence-corrected chi connectivity index (χ1v) is 13.6. The summed E-state index contributed by atoms with van der Waals surface area (Å²) >= 11 is 1.80. The zero-order valence-corrected chi connectivity index (χ0v) is 22.1. The van der Waals surface area contributed by atoms with Crippen LogP contribution in [-0.4, -0.2) is 15.0 Å². The van der Waals surface area contributed by atoms with E-state index >= 15 is 0 Å². The summed E-state index contributed by atoms with van der Waals surface area (Å²) in [5, 5.41) is 0. The lowest BCUT2D eigenvalue weighted by Gasteiger charge is -2.32. The predicted octanol–water partition coefficient (Wildman–Crippen LogP) is 9.36. The minimum atomic E-state index is 0.570. The minimum Gasteiger partial charge on any atom is -0.308 e. The third-order valence-corrected chi connectivity index (χ3v) is 7.87. The maximum absolute atomic E-state index is 7.26. The van der Waals surface area contributed by atoms with E-state index in [1.807, 2.05) is 42.5 Å².